The zero-order valence-corrected chi connectivity index (χ0v) is 13.8. The van der Waals surface area contributed by atoms with Gasteiger partial charge in [-0.05, 0) is 37.7 Å². The predicted octanol–water partition coefficient (Wildman–Crippen LogP) is 3.97. The largest absolute Gasteiger partial charge is 0.333 e. The summed E-state index contributed by atoms with van der Waals surface area (Å²) in [7, 11) is 1.50. The molecule has 4 heteroatoms. The number of nitrogens with two attached hydrogens (primary N) is 1. The van der Waals surface area contributed by atoms with Crippen LogP contribution in [0.3, 0.4) is 0 Å². The lowest BCUT2D eigenvalue weighted by Crippen LogP contribution is -1.96. The van der Waals surface area contributed by atoms with Crippen molar-refractivity contribution in [2.45, 2.75) is 6.92 Å². The fourth-order valence-electron chi connectivity index (χ4n) is 2.63. The Balaban J connectivity index is 0.000000815. The van der Waals surface area contributed by atoms with Crippen LogP contribution in [0.15, 0.2) is 73.1 Å². The van der Waals surface area contributed by atoms with Crippen LogP contribution in [0.2, 0.25) is 0 Å². The van der Waals surface area contributed by atoms with Crippen molar-refractivity contribution >= 4 is 10.9 Å². The van der Waals surface area contributed by atoms with Crippen LogP contribution in [0.25, 0.3) is 27.8 Å². The van der Waals surface area contributed by atoms with Crippen molar-refractivity contribution in [3.05, 3.63) is 78.6 Å². The summed E-state index contributed by atoms with van der Waals surface area (Å²) in [6.45, 7) is 2.09. The number of hydrogen-bond donors (Lipinski definition) is 1. The van der Waals surface area contributed by atoms with Gasteiger partial charge in [0.2, 0.25) is 0 Å². The summed E-state index contributed by atoms with van der Waals surface area (Å²) in [6, 6.07) is 20.5. The maximum atomic E-state index is 4.72. The van der Waals surface area contributed by atoms with E-state index in [1.54, 1.807) is 0 Å². The molecule has 2 aromatic heterocycles. The second kappa shape index (κ2) is 7.06. The van der Waals surface area contributed by atoms with Crippen molar-refractivity contribution in [2.24, 2.45) is 5.73 Å². The van der Waals surface area contributed by atoms with E-state index in [4.69, 9.17) is 4.98 Å². The smallest absolute Gasteiger partial charge is 0.0741 e. The Morgan fingerprint density at radius 2 is 1.62 bits per heavy atom. The Morgan fingerprint density at radius 3 is 2.46 bits per heavy atom. The number of fused-ring (bicyclic) bond motifs is 1. The normalized spacial score (nSPS) is 10.3. The fourth-order valence-corrected chi connectivity index (χ4v) is 2.63. The van der Waals surface area contributed by atoms with E-state index in [0.29, 0.717) is 0 Å². The van der Waals surface area contributed by atoms with E-state index in [0.717, 1.165) is 27.8 Å². The van der Waals surface area contributed by atoms with E-state index in [1.165, 1.54) is 12.6 Å². The monoisotopic (exact) mass is 316 g/mol. The van der Waals surface area contributed by atoms with E-state index in [2.05, 4.69) is 42.0 Å². The minimum absolute atomic E-state index is 0.943. The van der Waals surface area contributed by atoms with Gasteiger partial charge in [0.15, 0.2) is 0 Å². The first-order valence-corrected chi connectivity index (χ1v) is 7.86. The third-order valence-electron chi connectivity index (χ3n) is 3.84. The molecule has 4 aromatic rings. The maximum Gasteiger partial charge on any atom is 0.0741 e. The van der Waals surface area contributed by atoms with Crippen LogP contribution in [0, 0.1) is 6.92 Å². The van der Waals surface area contributed by atoms with Gasteiger partial charge in [-0.25, -0.2) is 9.67 Å². The molecule has 2 N–H and O–H groups in total. The van der Waals surface area contributed by atoms with Crippen LogP contribution in [0.5, 0.6) is 0 Å². The van der Waals surface area contributed by atoms with Crippen molar-refractivity contribution in [1.29, 1.82) is 0 Å². The Hall–Kier alpha value is -2.98. The Labute approximate surface area is 141 Å². The lowest BCUT2D eigenvalue weighted by atomic mass is 10.1. The van der Waals surface area contributed by atoms with Gasteiger partial charge in [-0.3, -0.25) is 0 Å². The molecular formula is C20H20N4. The van der Waals surface area contributed by atoms with Gasteiger partial charge < -0.3 is 5.73 Å². The second-order valence-corrected chi connectivity index (χ2v) is 5.35. The molecule has 0 radical (unpaired) electrons. The van der Waals surface area contributed by atoms with Crippen molar-refractivity contribution in [3.63, 3.8) is 0 Å². The summed E-state index contributed by atoms with van der Waals surface area (Å²) < 4.78 is 1.90. The third-order valence-corrected chi connectivity index (χ3v) is 3.84. The van der Waals surface area contributed by atoms with Crippen molar-refractivity contribution in [1.82, 2.24) is 14.8 Å². The highest BCUT2D eigenvalue weighted by molar-refractivity contribution is 5.81. The van der Waals surface area contributed by atoms with E-state index < -0.39 is 0 Å². The Bertz CT molecular complexity index is 956. The molecule has 0 saturated carbocycles. The van der Waals surface area contributed by atoms with Gasteiger partial charge in [-0.2, -0.15) is 5.10 Å². The molecule has 2 heterocycles. The van der Waals surface area contributed by atoms with Crippen molar-refractivity contribution < 1.29 is 0 Å². The molecular weight excluding hydrogens is 296 g/mol. The van der Waals surface area contributed by atoms with Crippen LogP contribution in [-0.2, 0) is 0 Å². The minimum Gasteiger partial charge on any atom is -0.333 e. The highest BCUT2D eigenvalue weighted by atomic mass is 15.3. The SMILES string of the molecule is CN.Cc1ccccc1-n1cc(-c2ccc3ccccc3n2)cn1. The standard InChI is InChI=1S/C19H15N3.CH5N/c1-14-6-2-5-9-19(14)22-13-16(12-20-22)18-11-10-15-7-3-4-8-17(15)21-18;1-2/h2-13H,1H3;2H2,1H3. The van der Waals surface area contributed by atoms with Gasteiger partial charge >= 0.3 is 0 Å². The number of aryl methyl sites for hydroxylation is 1. The fraction of sp³-hybridized carbons (Fsp3) is 0.100. The van der Waals surface area contributed by atoms with Crippen LogP contribution in [-0.4, -0.2) is 21.8 Å². The van der Waals surface area contributed by atoms with E-state index >= 15 is 0 Å². The highest BCUT2D eigenvalue weighted by Crippen LogP contribution is 2.22. The van der Waals surface area contributed by atoms with Crippen LogP contribution >= 0.6 is 0 Å². The van der Waals surface area contributed by atoms with Crippen LogP contribution in [0.4, 0.5) is 0 Å². The number of aromatic nitrogens is 3. The zero-order chi connectivity index (χ0) is 16.9. The Morgan fingerprint density at radius 1 is 0.875 bits per heavy atom. The van der Waals surface area contributed by atoms with Gasteiger partial charge in [0.25, 0.3) is 0 Å². The molecule has 4 nitrogen and oxygen atoms in total. The zero-order valence-electron chi connectivity index (χ0n) is 13.8. The molecule has 0 aliphatic carbocycles. The quantitative estimate of drug-likeness (QED) is 0.609. The summed E-state index contributed by atoms with van der Waals surface area (Å²) in [6.07, 6.45) is 3.89. The van der Waals surface area contributed by atoms with Crippen LogP contribution in [0.1, 0.15) is 5.56 Å². The molecule has 120 valence electrons. The number of hydrogen-bond acceptors (Lipinski definition) is 3. The molecule has 0 atom stereocenters. The predicted molar refractivity (Wildman–Crippen MR) is 99.1 cm³/mol. The number of nitrogens with zero attached hydrogens (tertiary/aromatic N) is 3. The summed E-state index contributed by atoms with van der Waals surface area (Å²) >= 11 is 0. The molecule has 2 aromatic carbocycles. The first-order valence-electron chi connectivity index (χ1n) is 7.86. The lowest BCUT2D eigenvalue weighted by Gasteiger charge is -2.04. The molecule has 0 saturated heterocycles. The average molecular weight is 316 g/mol. The molecule has 0 aliphatic rings. The van der Waals surface area contributed by atoms with E-state index in [9.17, 15) is 0 Å². The van der Waals surface area contributed by atoms with Gasteiger partial charge in [-0.1, -0.05) is 42.5 Å². The van der Waals surface area contributed by atoms with Gasteiger partial charge in [-0.15, -0.1) is 0 Å². The second-order valence-electron chi connectivity index (χ2n) is 5.35. The lowest BCUT2D eigenvalue weighted by molar-refractivity contribution is 0.873. The summed E-state index contributed by atoms with van der Waals surface area (Å²) in [4.78, 5) is 4.72. The van der Waals surface area contributed by atoms with Gasteiger partial charge in [0.05, 0.1) is 23.1 Å². The third kappa shape index (κ3) is 3.05. The van der Waals surface area contributed by atoms with E-state index in [-0.39, 0.29) is 0 Å². The van der Waals surface area contributed by atoms with Crippen molar-refractivity contribution in [3.8, 4) is 16.9 Å². The number of pyridine rings is 1. The number of para-hydroxylation sites is 2. The minimum atomic E-state index is 0.943. The number of benzene rings is 2. The van der Waals surface area contributed by atoms with Crippen LogP contribution < -0.4 is 5.73 Å². The van der Waals surface area contributed by atoms with E-state index in [1.807, 2.05) is 53.5 Å². The van der Waals surface area contributed by atoms with Gasteiger partial charge in [0, 0.05) is 17.1 Å². The van der Waals surface area contributed by atoms with Crippen molar-refractivity contribution in [2.75, 3.05) is 7.05 Å². The molecule has 0 unspecified atom stereocenters. The molecule has 24 heavy (non-hydrogen) atoms. The highest BCUT2D eigenvalue weighted by Gasteiger charge is 2.07. The average Bonchev–Trinajstić information content (AvgIpc) is 3.13. The molecule has 4 rings (SSSR count). The summed E-state index contributed by atoms with van der Waals surface area (Å²) in [5.41, 5.74) is 9.76. The number of rotatable bonds is 2. The first kappa shape index (κ1) is 15.9. The molecule has 0 fully saturated rings. The first-order chi connectivity index (χ1) is 11.8. The summed E-state index contributed by atoms with van der Waals surface area (Å²) in [5.74, 6) is 0. The Kier molecular flexibility index (Phi) is 4.68. The maximum absolute atomic E-state index is 4.72. The molecule has 0 bridgehead atoms. The molecule has 0 aliphatic heterocycles. The molecule has 0 spiro atoms. The topological polar surface area (TPSA) is 56.7 Å². The molecule has 0 amide bonds. The van der Waals surface area contributed by atoms with Gasteiger partial charge in [0.1, 0.15) is 0 Å². The summed E-state index contributed by atoms with van der Waals surface area (Å²) in [5, 5.41) is 5.63.